The van der Waals surface area contributed by atoms with Gasteiger partial charge in [0.15, 0.2) is 0 Å². The van der Waals surface area contributed by atoms with Gasteiger partial charge in [-0.3, -0.25) is 34.9 Å². The molecule has 2 heterocycles. The number of benzene rings is 2. The van der Waals surface area contributed by atoms with Crippen molar-refractivity contribution in [2.75, 3.05) is 0 Å². The topological polar surface area (TPSA) is 124 Å². The molecule has 1 aliphatic rings. The summed E-state index contributed by atoms with van der Waals surface area (Å²) in [5.41, 5.74) is 6.59. The summed E-state index contributed by atoms with van der Waals surface area (Å²) in [6.07, 6.45) is -0.0731. The summed E-state index contributed by atoms with van der Waals surface area (Å²) in [7, 11) is 0. The number of imidazole rings is 1. The Kier molecular flexibility index (Phi) is 4.55. The fourth-order valence-electron chi connectivity index (χ4n) is 3.20. The Morgan fingerprint density at radius 2 is 1.62 bits per heavy atom. The molecule has 0 bridgehead atoms. The minimum Gasteiger partial charge on any atom is -0.342 e. The first kappa shape index (κ1) is 18.4. The lowest BCUT2D eigenvalue weighted by molar-refractivity contribution is -0.130. The van der Waals surface area contributed by atoms with Gasteiger partial charge in [0.05, 0.1) is 28.6 Å². The number of fused-ring (bicyclic) bond motifs is 2. The number of carbonyl (C=O) groups excluding carboxylic acids is 4. The van der Waals surface area contributed by atoms with Gasteiger partial charge < -0.3 is 4.98 Å². The second kappa shape index (κ2) is 7.19. The molecule has 29 heavy (non-hydrogen) atoms. The molecule has 3 N–H and O–H groups in total. The Morgan fingerprint density at radius 1 is 1.00 bits per heavy atom. The van der Waals surface area contributed by atoms with Crippen molar-refractivity contribution in [1.29, 1.82) is 0 Å². The molecule has 146 valence electrons. The maximum atomic E-state index is 12.4. The van der Waals surface area contributed by atoms with E-state index in [-0.39, 0.29) is 17.5 Å². The second-order valence-corrected chi connectivity index (χ2v) is 6.62. The molecule has 4 rings (SSSR count). The van der Waals surface area contributed by atoms with E-state index in [2.05, 4.69) is 20.8 Å². The lowest BCUT2D eigenvalue weighted by Gasteiger charge is -2.21. The van der Waals surface area contributed by atoms with Gasteiger partial charge in [0, 0.05) is 0 Å². The van der Waals surface area contributed by atoms with Crippen LogP contribution < -0.4 is 10.9 Å². The van der Waals surface area contributed by atoms with Crippen molar-refractivity contribution in [1.82, 2.24) is 25.7 Å². The lowest BCUT2D eigenvalue weighted by atomic mass is 10.1. The third-order valence-electron chi connectivity index (χ3n) is 4.68. The Morgan fingerprint density at radius 3 is 2.28 bits per heavy atom. The van der Waals surface area contributed by atoms with Crippen molar-refractivity contribution in [2.45, 2.75) is 19.4 Å². The van der Waals surface area contributed by atoms with Gasteiger partial charge in [-0.25, -0.2) is 4.98 Å². The Labute approximate surface area is 165 Å². The molecular weight excluding hydrogens is 374 g/mol. The second-order valence-electron chi connectivity index (χ2n) is 6.62. The summed E-state index contributed by atoms with van der Waals surface area (Å²) < 4.78 is 0. The van der Waals surface area contributed by atoms with Crippen LogP contribution in [-0.4, -0.2) is 44.5 Å². The quantitative estimate of drug-likeness (QED) is 0.451. The highest BCUT2D eigenvalue weighted by molar-refractivity contribution is 6.22. The summed E-state index contributed by atoms with van der Waals surface area (Å²) in [6.45, 7) is 1.42. The number of hydrazine groups is 1. The zero-order valence-electron chi connectivity index (χ0n) is 15.4. The summed E-state index contributed by atoms with van der Waals surface area (Å²) in [4.78, 5) is 57.6. The van der Waals surface area contributed by atoms with E-state index in [9.17, 15) is 19.2 Å². The van der Waals surface area contributed by atoms with Crippen molar-refractivity contribution in [3.63, 3.8) is 0 Å². The van der Waals surface area contributed by atoms with Crippen molar-refractivity contribution < 1.29 is 19.2 Å². The largest absolute Gasteiger partial charge is 0.342 e. The minimum atomic E-state index is -1.09. The molecule has 9 nitrogen and oxygen atoms in total. The van der Waals surface area contributed by atoms with Crippen molar-refractivity contribution in [3.05, 3.63) is 65.5 Å². The van der Waals surface area contributed by atoms with E-state index in [0.717, 1.165) is 15.9 Å². The van der Waals surface area contributed by atoms with Crippen LogP contribution in [0.2, 0.25) is 0 Å². The third kappa shape index (κ3) is 3.33. The van der Waals surface area contributed by atoms with Gasteiger partial charge in [0.2, 0.25) is 5.91 Å². The Balaban J connectivity index is 1.36. The molecule has 0 unspecified atom stereocenters. The number of imide groups is 1. The van der Waals surface area contributed by atoms with Gasteiger partial charge in [-0.15, -0.1) is 0 Å². The van der Waals surface area contributed by atoms with E-state index in [1.165, 1.54) is 19.1 Å². The zero-order chi connectivity index (χ0) is 20.5. The van der Waals surface area contributed by atoms with Crippen LogP contribution in [0.25, 0.3) is 11.0 Å². The van der Waals surface area contributed by atoms with Gasteiger partial charge in [0.1, 0.15) is 11.9 Å². The first-order valence-corrected chi connectivity index (χ1v) is 8.95. The Hall–Kier alpha value is -4.01. The third-order valence-corrected chi connectivity index (χ3v) is 4.68. The van der Waals surface area contributed by atoms with Crippen molar-refractivity contribution in [3.8, 4) is 0 Å². The molecule has 0 radical (unpaired) electrons. The number of hydrogen-bond acceptors (Lipinski definition) is 5. The maximum Gasteiger partial charge on any atom is 0.262 e. The number of para-hydroxylation sites is 2. The molecule has 0 fully saturated rings. The van der Waals surface area contributed by atoms with Gasteiger partial charge in [-0.2, -0.15) is 0 Å². The van der Waals surface area contributed by atoms with Crippen LogP contribution >= 0.6 is 0 Å². The lowest BCUT2D eigenvalue weighted by Crippen LogP contribution is -2.53. The molecule has 1 atom stereocenters. The highest BCUT2D eigenvalue weighted by Gasteiger charge is 2.40. The van der Waals surface area contributed by atoms with Gasteiger partial charge in [-0.1, -0.05) is 24.3 Å². The van der Waals surface area contributed by atoms with Crippen LogP contribution in [0.5, 0.6) is 0 Å². The minimum absolute atomic E-state index is 0.0731. The van der Waals surface area contributed by atoms with E-state index < -0.39 is 29.7 Å². The number of nitrogens with one attached hydrogen (secondary N) is 3. The Bertz CT molecular complexity index is 1080. The average Bonchev–Trinajstić information content (AvgIpc) is 3.24. The first-order chi connectivity index (χ1) is 14.0. The molecule has 1 aromatic heterocycles. The smallest absolute Gasteiger partial charge is 0.262 e. The molecule has 0 spiro atoms. The molecule has 0 saturated heterocycles. The standard InChI is InChI=1S/C20H17N5O4/c1-11(25-19(28)12-6-2-3-7-13(12)20(25)29)18(27)24-23-17(26)10-16-21-14-8-4-5-9-15(14)22-16/h2-9,11H,10H2,1H3,(H,21,22)(H,23,26)(H,24,27)/t11-/m1/s1. The number of aromatic amines is 1. The summed E-state index contributed by atoms with van der Waals surface area (Å²) in [5.74, 6) is -1.81. The van der Waals surface area contributed by atoms with E-state index in [1.807, 2.05) is 24.3 Å². The number of amides is 4. The summed E-state index contributed by atoms with van der Waals surface area (Å²) in [5, 5.41) is 0. The predicted octanol–water partition coefficient (Wildman–Crippen LogP) is 0.937. The molecular formula is C20H17N5O4. The van der Waals surface area contributed by atoms with Crippen LogP contribution in [0.1, 0.15) is 33.5 Å². The van der Waals surface area contributed by atoms with E-state index >= 15 is 0 Å². The molecule has 0 saturated carbocycles. The number of rotatable bonds is 4. The van der Waals surface area contributed by atoms with Crippen molar-refractivity contribution >= 4 is 34.7 Å². The van der Waals surface area contributed by atoms with E-state index in [0.29, 0.717) is 5.82 Å². The molecule has 1 aliphatic heterocycles. The van der Waals surface area contributed by atoms with Crippen LogP contribution in [0.4, 0.5) is 0 Å². The summed E-state index contributed by atoms with van der Waals surface area (Å²) >= 11 is 0. The number of carbonyl (C=O) groups is 4. The van der Waals surface area contributed by atoms with Gasteiger partial charge in [0.25, 0.3) is 17.7 Å². The number of H-pyrrole nitrogens is 1. The molecule has 2 aromatic carbocycles. The molecule has 9 heteroatoms. The van der Waals surface area contributed by atoms with Gasteiger partial charge in [-0.05, 0) is 31.2 Å². The number of aromatic nitrogens is 2. The highest BCUT2D eigenvalue weighted by atomic mass is 16.2. The van der Waals surface area contributed by atoms with E-state index in [1.54, 1.807) is 12.1 Å². The predicted molar refractivity (Wildman–Crippen MR) is 102 cm³/mol. The van der Waals surface area contributed by atoms with E-state index in [4.69, 9.17) is 0 Å². The zero-order valence-corrected chi connectivity index (χ0v) is 15.4. The molecule has 3 aromatic rings. The molecule has 0 aliphatic carbocycles. The fourth-order valence-corrected chi connectivity index (χ4v) is 3.20. The normalized spacial score (nSPS) is 14.0. The van der Waals surface area contributed by atoms with Crippen LogP contribution in [0.15, 0.2) is 48.5 Å². The monoisotopic (exact) mass is 391 g/mol. The average molecular weight is 391 g/mol. The van der Waals surface area contributed by atoms with Gasteiger partial charge >= 0.3 is 0 Å². The summed E-state index contributed by atoms with van der Waals surface area (Å²) in [6, 6.07) is 12.6. The van der Waals surface area contributed by atoms with Crippen LogP contribution in [0.3, 0.4) is 0 Å². The first-order valence-electron chi connectivity index (χ1n) is 8.95. The SMILES string of the molecule is C[C@H](C(=O)NNC(=O)Cc1nc2ccccc2[nH]1)N1C(=O)c2ccccc2C1=O. The van der Waals surface area contributed by atoms with Crippen LogP contribution in [-0.2, 0) is 16.0 Å². The molecule has 4 amide bonds. The van der Waals surface area contributed by atoms with Crippen LogP contribution in [0, 0.1) is 0 Å². The fraction of sp³-hybridized carbons (Fsp3) is 0.150. The number of hydrogen-bond donors (Lipinski definition) is 3. The van der Waals surface area contributed by atoms with Crippen molar-refractivity contribution in [2.24, 2.45) is 0 Å². The number of nitrogens with zero attached hydrogens (tertiary/aromatic N) is 2. The highest BCUT2D eigenvalue weighted by Crippen LogP contribution is 2.24. The maximum absolute atomic E-state index is 12.4.